The third-order valence-electron chi connectivity index (χ3n) is 3.45. The van der Waals surface area contributed by atoms with Gasteiger partial charge in [0.15, 0.2) is 5.78 Å². The van der Waals surface area contributed by atoms with E-state index in [2.05, 4.69) is 0 Å². The number of Topliss-reactive ketones (excluding diaryl/α,β-unsaturated/α-hetero) is 1. The van der Waals surface area contributed by atoms with Gasteiger partial charge in [-0.05, 0) is 30.4 Å². The Balaban J connectivity index is 2.18. The molecule has 2 aromatic rings. The van der Waals surface area contributed by atoms with Crippen LogP contribution >= 0.6 is 0 Å². The van der Waals surface area contributed by atoms with Crippen molar-refractivity contribution in [3.8, 4) is 5.75 Å². The normalized spacial score (nSPS) is 10.5. The van der Waals surface area contributed by atoms with E-state index in [1.165, 1.54) is 0 Å². The van der Waals surface area contributed by atoms with Gasteiger partial charge in [0, 0.05) is 23.8 Å². The van der Waals surface area contributed by atoms with Gasteiger partial charge in [0.25, 0.3) is 0 Å². The number of rotatable bonds is 7. The molecule has 0 fully saturated rings. The summed E-state index contributed by atoms with van der Waals surface area (Å²) in [5.74, 6) is -0.0374. The van der Waals surface area contributed by atoms with Crippen molar-refractivity contribution in [1.82, 2.24) is 0 Å². The first-order chi connectivity index (χ1) is 10.1. The van der Waals surface area contributed by atoms with Gasteiger partial charge in [-0.3, -0.25) is 9.59 Å². The van der Waals surface area contributed by atoms with E-state index in [0.717, 1.165) is 16.5 Å². The van der Waals surface area contributed by atoms with Gasteiger partial charge in [-0.1, -0.05) is 24.3 Å². The summed E-state index contributed by atoms with van der Waals surface area (Å²) in [6.45, 7) is 0. The van der Waals surface area contributed by atoms with Crippen LogP contribution in [0.1, 0.15) is 36.0 Å². The van der Waals surface area contributed by atoms with E-state index in [0.29, 0.717) is 24.8 Å². The minimum atomic E-state index is -0.822. The van der Waals surface area contributed by atoms with Crippen LogP contribution in [0.15, 0.2) is 36.4 Å². The summed E-state index contributed by atoms with van der Waals surface area (Å²) in [7, 11) is 1.61. The highest BCUT2D eigenvalue weighted by molar-refractivity contribution is 6.09. The molecule has 0 radical (unpaired) electrons. The van der Waals surface area contributed by atoms with Crippen LogP contribution < -0.4 is 4.74 Å². The minimum Gasteiger partial charge on any atom is -0.496 e. The van der Waals surface area contributed by atoms with Gasteiger partial charge in [0.1, 0.15) is 5.75 Å². The molecule has 0 spiro atoms. The van der Waals surface area contributed by atoms with Crippen LogP contribution in [0.4, 0.5) is 0 Å². The minimum absolute atomic E-state index is 0.0410. The molecule has 2 rings (SSSR count). The molecule has 0 aliphatic rings. The summed E-state index contributed by atoms with van der Waals surface area (Å²) in [6, 6.07) is 11.2. The summed E-state index contributed by atoms with van der Waals surface area (Å²) >= 11 is 0. The first-order valence-electron chi connectivity index (χ1n) is 6.94. The van der Waals surface area contributed by atoms with Crippen LogP contribution in [0.2, 0.25) is 0 Å². The fourth-order valence-corrected chi connectivity index (χ4v) is 2.39. The lowest BCUT2D eigenvalue weighted by Gasteiger charge is -2.09. The zero-order valence-electron chi connectivity index (χ0n) is 12.0. The molecule has 0 bridgehead atoms. The Bertz CT molecular complexity index is 661. The van der Waals surface area contributed by atoms with Crippen molar-refractivity contribution in [2.45, 2.75) is 25.7 Å². The summed E-state index contributed by atoms with van der Waals surface area (Å²) in [4.78, 5) is 22.8. The Kier molecular flexibility index (Phi) is 4.93. The third kappa shape index (κ3) is 3.60. The molecule has 0 unspecified atom stereocenters. The van der Waals surface area contributed by atoms with E-state index < -0.39 is 5.97 Å². The van der Waals surface area contributed by atoms with Crippen LogP contribution in [0.5, 0.6) is 5.75 Å². The number of carboxylic acids is 1. The highest BCUT2D eigenvalue weighted by atomic mass is 16.5. The van der Waals surface area contributed by atoms with Crippen molar-refractivity contribution >= 4 is 22.5 Å². The van der Waals surface area contributed by atoms with Crippen LogP contribution in [0.3, 0.4) is 0 Å². The number of carboxylic acid groups (broad SMARTS) is 1. The van der Waals surface area contributed by atoms with Crippen LogP contribution in [0.25, 0.3) is 10.8 Å². The Hall–Kier alpha value is -2.36. The number of hydrogen-bond donors (Lipinski definition) is 1. The summed E-state index contributed by atoms with van der Waals surface area (Å²) < 4.78 is 5.31. The van der Waals surface area contributed by atoms with Crippen molar-refractivity contribution in [2.24, 2.45) is 0 Å². The molecule has 0 atom stereocenters. The molecule has 21 heavy (non-hydrogen) atoms. The van der Waals surface area contributed by atoms with E-state index in [9.17, 15) is 9.59 Å². The topological polar surface area (TPSA) is 63.6 Å². The SMILES string of the molecule is COc1ccc(C(=O)CCCCC(=O)O)c2ccccc12. The largest absolute Gasteiger partial charge is 0.496 e. The molecular formula is C17H18O4. The second kappa shape index (κ2) is 6.88. The Morgan fingerprint density at radius 2 is 1.67 bits per heavy atom. The maximum atomic E-state index is 12.3. The number of unbranched alkanes of at least 4 members (excludes halogenated alkanes) is 1. The summed E-state index contributed by atoms with van der Waals surface area (Å²) in [6.07, 6.45) is 1.58. The van der Waals surface area contributed by atoms with E-state index in [1.54, 1.807) is 19.2 Å². The van der Waals surface area contributed by atoms with Gasteiger partial charge in [0.05, 0.1) is 7.11 Å². The molecule has 1 N–H and O–H groups in total. The number of methoxy groups -OCH3 is 1. The molecule has 0 amide bonds. The number of ketones is 1. The highest BCUT2D eigenvalue weighted by Crippen LogP contribution is 2.29. The monoisotopic (exact) mass is 286 g/mol. The first-order valence-corrected chi connectivity index (χ1v) is 6.94. The fraction of sp³-hybridized carbons (Fsp3) is 0.294. The molecule has 0 aliphatic carbocycles. The van der Waals surface area contributed by atoms with Gasteiger partial charge >= 0.3 is 5.97 Å². The molecular weight excluding hydrogens is 268 g/mol. The number of carbonyl (C=O) groups is 2. The molecule has 4 nitrogen and oxygen atoms in total. The number of hydrogen-bond acceptors (Lipinski definition) is 3. The number of aliphatic carboxylic acids is 1. The molecule has 0 aliphatic heterocycles. The van der Waals surface area contributed by atoms with Crippen LogP contribution in [0, 0.1) is 0 Å². The van der Waals surface area contributed by atoms with Gasteiger partial charge in [-0.2, -0.15) is 0 Å². The van der Waals surface area contributed by atoms with Gasteiger partial charge in [0.2, 0.25) is 0 Å². The van der Waals surface area contributed by atoms with Crippen molar-refractivity contribution in [2.75, 3.05) is 7.11 Å². The van der Waals surface area contributed by atoms with E-state index >= 15 is 0 Å². The lowest BCUT2D eigenvalue weighted by Crippen LogP contribution is -2.02. The number of carbonyl (C=O) groups excluding carboxylic acids is 1. The van der Waals surface area contributed by atoms with Gasteiger partial charge in [-0.15, -0.1) is 0 Å². The number of benzene rings is 2. The van der Waals surface area contributed by atoms with E-state index in [4.69, 9.17) is 9.84 Å². The Labute approximate surface area is 123 Å². The second-order valence-electron chi connectivity index (χ2n) is 4.88. The number of ether oxygens (including phenoxy) is 1. The Morgan fingerprint density at radius 1 is 1.00 bits per heavy atom. The molecule has 0 saturated heterocycles. The lowest BCUT2D eigenvalue weighted by atomic mass is 9.97. The van der Waals surface area contributed by atoms with Crippen LogP contribution in [-0.4, -0.2) is 24.0 Å². The quantitative estimate of drug-likeness (QED) is 0.623. The maximum Gasteiger partial charge on any atom is 0.303 e. The molecule has 2 aromatic carbocycles. The van der Waals surface area contributed by atoms with Crippen LogP contribution in [-0.2, 0) is 4.79 Å². The average molecular weight is 286 g/mol. The maximum absolute atomic E-state index is 12.3. The summed E-state index contributed by atoms with van der Waals surface area (Å²) in [5, 5.41) is 10.4. The number of fused-ring (bicyclic) bond motifs is 1. The predicted octanol–water partition coefficient (Wildman–Crippen LogP) is 3.68. The zero-order chi connectivity index (χ0) is 15.2. The lowest BCUT2D eigenvalue weighted by molar-refractivity contribution is -0.137. The first kappa shape index (κ1) is 15.0. The Morgan fingerprint density at radius 3 is 2.33 bits per heavy atom. The average Bonchev–Trinajstić information content (AvgIpc) is 2.50. The molecule has 0 saturated carbocycles. The fourth-order valence-electron chi connectivity index (χ4n) is 2.39. The summed E-state index contributed by atoms with van der Waals surface area (Å²) in [5.41, 5.74) is 0.668. The van der Waals surface area contributed by atoms with E-state index in [-0.39, 0.29) is 12.2 Å². The molecule has 0 aromatic heterocycles. The highest BCUT2D eigenvalue weighted by Gasteiger charge is 2.12. The van der Waals surface area contributed by atoms with Crippen molar-refractivity contribution in [3.05, 3.63) is 42.0 Å². The zero-order valence-corrected chi connectivity index (χ0v) is 12.0. The smallest absolute Gasteiger partial charge is 0.303 e. The van der Waals surface area contributed by atoms with Crippen molar-refractivity contribution < 1.29 is 19.4 Å². The van der Waals surface area contributed by atoms with Crippen molar-refractivity contribution in [3.63, 3.8) is 0 Å². The van der Waals surface area contributed by atoms with Crippen molar-refractivity contribution in [1.29, 1.82) is 0 Å². The molecule has 110 valence electrons. The molecule has 0 heterocycles. The predicted molar refractivity (Wildman–Crippen MR) is 80.9 cm³/mol. The second-order valence-corrected chi connectivity index (χ2v) is 4.88. The van der Waals surface area contributed by atoms with Gasteiger partial charge in [-0.25, -0.2) is 0 Å². The standard InChI is InChI=1S/C17H18O4/c1-21-16-11-10-13(12-6-2-3-7-14(12)16)15(18)8-4-5-9-17(19)20/h2-3,6-7,10-11H,4-5,8-9H2,1H3,(H,19,20). The van der Waals surface area contributed by atoms with E-state index in [1.807, 2.05) is 24.3 Å². The third-order valence-corrected chi connectivity index (χ3v) is 3.45. The molecule has 4 heteroatoms. The van der Waals surface area contributed by atoms with Gasteiger partial charge < -0.3 is 9.84 Å².